The van der Waals surface area contributed by atoms with Gasteiger partial charge < -0.3 is 5.32 Å². The Hall–Kier alpha value is -2.84. The molecule has 0 saturated heterocycles. The minimum atomic E-state index is -4.46. The Kier molecular flexibility index (Phi) is 4.84. The Bertz CT molecular complexity index is 1110. The number of hydrogen-bond acceptors (Lipinski definition) is 3. The highest BCUT2D eigenvalue weighted by Gasteiger charge is 2.39. The van der Waals surface area contributed by atoms with Crippen LogP contribution < -0.4 is 5.32 Å². The highest BCUT2D eigenvalue weighted by Crippen LogP contribution is 2.39. The van der Waals surface area contributed by atoms with E-state index in [1.165, 1.54) is 22.5 Å². The van der Waals surface area contributed by atoms with Crippen molar-refractivity contribution < 1.29 is 21.6 Å². The predicted molar refractivity (Wildman–Crippen MR) is 103 cm³/mol. The first kappa shape index (κ1) is 19.5. The molecule has 0 aliphatic carbocycles. The molecule has 1 aliphatic rings. The van der Waals surface area contributed by atoms with Crippen molar-refractivity contribution in [2.45, 2.75) is 23.8 Å². The first-order valence-electron chi connectivity index (χ1n) is 8.85. The van der Waals surface area contributed by atoms with Crippen LogP contribution in [0, 0.1) is 0 Å². The number of para-hydroxylation sites is 1. The summed E-state index contributed by atoms with van der Waals surface area (Å²) >= 11 is 0. The molecule has 0 aromatic heterocycles. The number of anilines is 1. The van der Waals surface area contributed by atoms with Crippen molar-refractivity contribution in [2.24, 2.45) is 0 Å². The monoisotopic (exact) mass is 418 g/mol. The summed E-state index contributed by atoms with van der Waals surface area (Å²) in [7, 11) is -3.87. The van der Waals surface area contributed by atoms with E-state index in [2.05, 4.69) is 5.32 Å². The van der Waals surface area contributed by atoms with Crippen LogP contribution in [-0.2, 0) is 22.7 Å². The fraction of sp³-hybridized carbons (Fsp3) is 0.143. The summed E-state index contributed by atoms with van der Waals surface area (Å²) < 4.78 is 66.7. The van der Waals surface area contributed by atoms with Gasteiger partial charge in [0, 0.05) is 6.54 Å². The number of halogens is 3. The van der Waals surface area contributed by atoms with Crippen LogP contribution in [0.5, 0.6) is 0 Å². The van der Waals surface area contributed by atoms with Gasteiger partial charge in [0.25, 0.3) is 0 Å². The fourth-order valence-electron chi connectivity index (χ4n) is 3.34. The first-order chi connectivity index (χ1) is 13.8. The van der Waals surface area contributed by atoms with Gasteiger partial charge >= 0.3 is 6.18 Å². The molecule has 0 fully saturated rings. The lowest BCUT2D eigenvalue weighted by atomic mass is 10.1. The maximum Gasteiger partial charge on any atom is 0.416 e. The molecule has 4 nitrogen and oxygen atoms in total. The predicted octanol–water partition coefficient (Wildman–Crippen LogP) is 5.02. The molecule has 1 heterocycles. The van der Waals surface area contributed by atoms with Crippen LogP contribution >= 0.6 is 0 Å². The lowest BCUT2D eigenvalue weighted by Crippen LogP contribution is -2.42. The molecule has 0 radical (unpaired) electrons. The van der Waals surface area contributed by atoms with Crippen molar-refractivity contribution in [3.8, 4) is 0 Å². The standard InChI is InChI=1S/C21H17F3N2O2S/c22-21(23,24)17-12-10-16(11-13-17)20-25-18-8-4-5-9-19(18)29(27,28)26(20)14-15-6-2-1-3-7-15/h1-13,20,25H,14H2/t20-/m1/s1. The second kappa shape index (κ2) is 7.20. The average molecular weight is 418 g/mol. The van der Waals surface area contributed by atoms with Gasteiger partial charge in [0.05, 0.1) is 11.3 Å². The summed E-state index contributed by atoms with van der Waals surface area (Å²) in [5.74, 6) is 0. The molecule has 3 aromatic rings. The normalized spacial score (nSPS) is 18.7. The first-order valence-corrected chi connectivity index (χ1v) is 10.3. The molecule has 0 saturated carbocycles. The van der Waals surface area contributed by atoms with Gasteiger partial charge in [-0.2, -0.15) is 17.5 Å². The van der Waals surface area contributed by atoms with E-state index in [0.29, 0.717) is 11.3 Å². The molecule has 3 aromatic carbocycles. The van der Waals surface area contributed by atoms with Gasteiger partial charge in [0.1, 0.15) is 11.1 Å². The van der Waals surface area contributed by atoms with Crippen molar-refractivity contribution in [3.05, 3.63) is 95.6 Å². The fourth-order valence-corrected chi connectivity index (χ4v) is 5.02. The largest absolute Gasteiger partial charge is 0.416 e. The van der Waals surface area contributed by atoms with Gasteiger partial charge in [-0.15, -0.1) is 0 Å². The molecule has 1 N–H and O–H groups in total. The van der Waals surface area contributed by atoms with E-state index < -0.39 is 27.9 Å². The van der Waals surface area contributed by atoms with Crippen LogP contribution in [0.2, 0.25) is 0 Å². The highest BCUT2D eigenvalue weighted by atomic mass is 32.2. The lowest BCUT2D eigenvalue weighted by Gasteiger charge is -2.37. The molecule has 1 aliphatic heterocycles. The molecular weight excluding hydrogens is 401 g/mol. The second-order valence-electron chi connectivity index (χ2n) is 6.70. The summed E-state index contributed by atoms with van der Waals surface area (Å²) in [6.45, 7) is 0.0796. The molecule has 1 atom stereocenters. The molecule has 29 heavy (non-hydrogen) atoms. The van der Waals surface area contributed by atoms with E-state index in [1.54, 1.807) is 42.5 Å². The molecular formula is C21H17F3N2O2S. The number of alkyl halides is 3. The number of benzene rings is 3. The Morgan fingerprint density at radius 1 is 0.862 bits per heavy atom. The Balaban J connectivity index is 1.79. The third kappa shape index (κ3) is 3.73. The van der Waals surface area contributed by atoms with Crippen molar-refractivity contribution in [3.63, 3.8) is 0 Å². The number of sulfonamides is 1. The molecule has 8 heteroatoms. The zero-order valence-electron chi connectivity index (χ0n) is 15.1. The van der Waals surface area contributed by atoms with E-state index in [0.717, 1.165) is 17.7 Å². The van der Waals surface area contributed by atoms with E-state index >= 15 is 0 Å². The minimum Gasteiger partial charge on any atom is -0.364 e. The zero-order valence-corrected chi connectivity index (χ0v) is 15.9. The van der Waals surface area contributed by atoms with Crippen LogP contribution in [-0.4, -0.2) is 12.7 Å². The third-order valence-corrected chi connectivity index (χ3v) is 6.66. The maximum absolute atomic E-state index is 13.3. The van der Waals surface area contributed by atoms with Crippen LogP contribution in [0.25, 0.3) is 0 Å². The van der Waals surface area contributed by atoms with Crippen LogP contribution in [0.3, 0.4) is 0 Å². The van der Waals surface area contributed by atoms with Gasteiger partial charge in [-0.25, -0.2) is 8.42 Å². The number of rotatable bonds is 3. The number of nitrogens with one attached hydrogen (secondary N) is 1. The summed E-state index contributed by atoms with van der Waals surface area (Å²) in [6.07, 6.45) is -5.29. The smallest absolute Gasteiger partial charge is 0.364 e. The maximum atomic E-state index is 13.3. The summed E-state index contributed by atoms with van der Waals surface area (Å²) in [4.78, 5) is 0.138. The molecule has 0 unspecified atom stereocenters. The number of hydrogen-bond donors (Lipinski definition) is 1. The molecule has 150 valence electrons. The van der Waals surface area contributed by atoms with Gasteiger partial charge in [-0.1, -0.05) is 54.6 Å². The van der Waals surface area contributed by atoms with Crippen molar-refractivity contribution in [2.75, 3.05) is 5.32 Å². The Morgan fingerprint density at radius 3 is 2.14 bits per heavy atom. The topological polar surface area (TPSA) is 49.4 Å². The van der Waals surface area contributed by atoms with Gasteiger partial charge in [-0.05, 0) is 35.4 Å². The molecule has 0 bridgehead atoms. The van der Waals surface area contributed by atoms with Crippen LogP contribution in [0.1, 0.15) is 22.9 Å². The van der Waals surface area contributed by atoms with E-state index in [-0.39, 0.29) is 11.4 Å². The number of fused-ring (bicyclic) bond motifs is 1. The minimum absolute atomic E-state index is 0.0796. The highest BCUT2D eigenvalue weighted by molar-refractivity contribution is 7.89. The summed E-state index contributed by atoms with van der Waals surface area (Å²) in [5, 5.41) is 3.16. The number of nitrogens with zero attached hydrogens (tertiary/aromatic N) is 1. The van der Waals surface area contributed by atoms with E-state index in [9.17, 15) is 21.6 Å². The summed E-state index contributed by atoms with van der Waals surface area (Å²) in [5.41, 5.74) is 0.831. The quantitative estimate of drug-likeness (QED) is 0.650. The third-order valence-electron chi connectivity index (χ3n) is 4.79. The lowest BCUT2D eigenvalue weighted by molar-refractivity contribution is -0.137. The van der Waals surface area contributed by atoms with Gasteiger partial charge in [0.15, 0.2) is 0 Å². The second-order valence-corrected chi connectivity index (χ2v) is 8.56. The van der Waals surface area contributed by atoms with Crippen LogP contribution in [0.15, 0.2) is 83.8 Å². The average Bonchev–Trinajstić information content (AvgIpc) is 2.70. The SMILES string of the molecule is O=S1(=O)c2ccccc2N[C@@H](c2ccc(C(F)(F)F)cc2)N1Cc1ccccc1. The van der Waals surface area contributed by atoms with E-state index in [1.807, 2.05) is 6.07 Å². The van der Waals surface area contributed by atoms with Crippen molar-refractivity contribution >= 4 is 15.7 Å². The molecule has 0 amide bonds. The molecule has 4 rings (SSSR count). The van der Waals surface area contributed by atoms with Crippen molar-refractivity contribution in [1.29, 1.82) is 0 Å². The Labute approximate surface area is 166 Å². The van der Waals surface area contributed by atoms with Crippen LogP contribution in [0.4, 0.5) is 18.9 Å². The van der Waals surface area contributed by atoms with Gasteiger partial charge in [0.2, 0.25) is 10.0 Å². The van der Waals surface area contributed by atoms with Crippen molar-refractivity contribution in [1.82, 2.24) is 4.31 Å². The zero-order chi connectivity index (χ0) is 20.6. The molecule has 0 spiro atoms. The summed E-state index contributed by atoms with van der Waals surface area (Å²) in [6, 6.07) is 20.1. The van der Waals surface area contributed by atoms with E-state index in [4.69, 9.17) is 0 Å². The Morgan fingerprint density at radius 2 is 1.48 bits per heavy atom. The van der Waals surface area contributed by atoms with Gasteiger partial charge in [-0.3, -0.25) is 0 Å².